The highest BCUT2D eigenvalue weighted by Gasteiger charge is 2.59. The Morgan fingerprint density at radius 2 is 2.47 bits per heavy atom. The minimum absolute atomic E-state index is 0.257. The fourth-order valence-corrected chi connectivity index (χ4v) is 2.65. The van der Waals surface area contributed by atoms with Crippen molar-refractivity contribution in [2.75, 3.05) is 13.6 Å². The van der Waals surface area contributed by atoms with Gasteiger partial charge in [-0.05, 0) is 18.4 Å². The molecule has 0 bridgehead atoms. The van der Waals surface area contributed by atoms with Crippen LogP contribution in [0.1, 0.15) is 31.0 Å². The summed E-state index contributed by atoms with van der Waals surface area (Å²) in [5.41, 5.74) is 1.95. The van der Waals surface area contributed by atoms with Crippen LogP contribution in [0, 0.1) is 22.7 Å². The zero-order valence-electron chi connectivity index (χ0n) is 9.33. The molecule has 0 amide bonds. The molecule has 80 valence electrons. The molecule has 0 radical (unpaired) electrons. The lowest BCUT2D eigenvalue weighted by molar-refractivity contribution is 0.479. The van der Waals surface area contributed by atoms with Crippen LogP contribution in [0.2, 0.25) is 0 Å². The highest BCUT2D eigenvalue weighted by atomic mass is 15.1. The molecule has 4 heteroatoms. The monoisotopic (exact) mass is 204 g/mol. The molecule has 0 aliphatic heterocycles. The Morgan fingerprint density at radius 3 is 3.07 bits per heavy atom. The number of rotatable bonds is 3. The molecule has 1 aliphatic carbocycles. The molecule has 15 heavy (non-hydrogen) atoms. The smallest absolute Gasteiger partial charge is 0.103 e. The maximum atomic E-state index is 8.94. The number of aromatic nitrogens is 2. The lowest BCUT2D eigenvalue weighted by Gasteiger charge is -2.09. The minimum Gasteiger partial charge on any atom is -0.319 e. The van der Waals surface area contributed by atoms with Crippen molar-refractivity contribution in [1.82, 2.24) is 15.5 Å². The van der Waals surface area contributed by atoms with Gasteiger partial charge >= 0.3 is 0 Å². The number of H-pyrrole nitrogens is 1. The van der Waals surface area contributed by atoms with Gasteiger partial charge in [0.15, 0.2) is 0 Å². The largest absolute Gasteiger partial charge is 0.319 e. The number of nitrogens with one attached hydrogen (secondary N) is 2. The zero-order chi connectivity index (χ0) is 11.1. The Labute approximate surface area is 89.7 Å². The van der Waals surface area contributed by atoms with Crippen molar-refractivity contribution in [3.05, 3.63) is 17.5 Å². The van der Waals surface area contributed by atoms with E-state index in [2.05, 4.69) is 35.4 Å². The van der Waals surface area contributed by atoms with Gasteiger partial charge in [-0.3, -0.25) is 5.10 Å². The van der Waals surface area contributed by atoms with Gasteiger partial charge in [0.25, 0.3) is 0 Å². The van der Waals surface area contributed by atoms with E-state index in [0.717, 1.165) is 12.2 Å². The third kappa shape index (κ3) is 1.35. The molecular formula is C11H16N4. The average molecular weight is 204 g/mol. The van der Waals surface area contributed by atoms with E-state index in [-0.39, 0.29) is 5.41 Å². The molecule has 0 saturated heterocycles. The van der Waals surface area contributed by atoms with Crippen LogP contribution in [0.5, 0.6) is 0 Å². The fraction of sp³-hybridized carbons (Fsp3) is 0.636. The summed E-state index contributed by atoms with van der Waals surface area (Å²) in [6.07, 6.45) is 1.61. The van der Waals surface area contributed by atoms with E-state index in [1.807, 2.05) is 7.05 Å². The van der Waals surface area contributed by atoms with Crippen molar-refractivity contribution < 1.29 is 0 Å². The summed E-state index contributed by atoms with van der Waals surface area (Å²) in [5.74, 6) is 1.03. The highest BCUT2D eigenvalue weighted by Crippen LogP contribution is 2.63. The van der Waals surface area contributed by atoms with Crippen molar-refractivity contribution in [1.29, 1.82) is 5.26 Å². The normalized spacial score (nSPS) is 33.7. The van der Waals surface area contributed by atoms with Crippen molar-refractivity contribution in [2.45, 2.75) is 19.8 Å². The van der Waals surface area contributed by atoms with E-state index >= 15 is 0 Å². The molecule has 2 unspecified atom stereocenters. The van der Waals surface area contributed by atoms with Gasteiger partial charge in [-0.2, -0.15) is 10.4 Å². The lowest BCUT2D eigenvalue weighted by Crippen LogP contribution is -2.19. The Hall–Kier alpha value is -1.34. The van der Waals surface area contributed by atoms with Crippen molar-refractivity contribution in [2.24, 2.45) is 11.3 Å². The Balaban J connectivity index is 2.25. The maximum absolute atomic E-state index is 8.94. The SMILES string of the molecule is CNCC1(C)C(c2[nH]ncc2C#N)[C@@H]1C. The average Bonchev–Trinajstić information content (AvgIpc) is 2.64. The molecule has 0 aromatic carbocycles. The number of aromatic amines is 1. The molecule has 3 atom stereocenters. The Morgan fingerprint density at radius 1 is 1.73 bits per heavy atom. The molecule has 2 rings (SSSR count). The van der Waals surface area contributed by atoms with Gasteiger partial charge in [0.2, 0.25) is 0 Å². The number of nitrogens with zero attached hydrogens (tertiary/aromatic N) is 2. The molecule has 1 fully saturated rings. The summed E-state index contributed by atoms with van der Waals surface area (Å²) < 4.78 is 0. The topological polar surface area (TPSA) is 64.5 Å². The lowest BCUT2D eigenvalue weighted by atomic mass is 10.0. The third-order valence-electron chi connectivity index (χ3n) is 3.80. The predicted molar refractivity (Wildman–Crippen MR) is 57.2 cm³/mol. The molecule has 1 aromatic rings. The molecule has 1 heterocycles. The van der Waals surface area contributed by atoms with Crippen LogP contribution >= 0.6 is 0 Å². The molecule has 4 nitrogen and oxygen atoms in total. The van der Waals surface area contributed by atoms with E-state index in [1.165, 1.54) is 0 Å². The second-order valence-electron chi connectivity index (χ2n) is 4.61. The fourth-order valence-electron chi connectivity index (χ4n) is 2.65. The summed E-state index contributed by atoms with van der Waals surface area (Å²) in [6.45, 7) is 5.45. The molecule has 0 spiro atoms. The van der Waals surface area contributed by atoms with Gasteiger partial charge in [0.1, 0.15) is 6.07 Å². The summed E-state index contributed by atoms with van der Waals surface area (Å²) in [5, 5.41) is 19.1. The van der Waals surface area contributed by atoms with Crippen LogP contribution in [-0.4, -0.2) is 23.8 Å². The summed E-state index contributed by atoms with van der Waals surface area (Å²) in [7, 11) is 1.96. The van der Waals surface area contributed by atoms with Crippen LogP contribution in [0.25, 0.3) is 0 Å². The summed E-state index contributed by atoms with van der Waals surface area (Å²) in [6, 6.07) is 2.18. The highest BCUT2D eigenvalue weighted by molar-refractivity contribution is 5.39. The van der Waals surface area contributed by atoms with E-state index < -0.39 is 0 Å². The molecule has 1 saturated carbocycles. The third-order valence-corrected chi connectivity index (χ3v) is 3.80. The van der Waals surface area contributed by atoms with Crippen LogP contribution in [0.3, 0.4) is 0 Å². The van der Waals surface area contributed by atoms with Crippen molar-refractivity contribution >= 4 is 0 Å². The second kappa shape index (κ2) is 3.35. The van der Waals surface area contributed by atoms with Gasteiger partial charge in [-0.15, -0.1) is 0 Å². The van der Waals surface area contributed by atoms with E-state index in [1.54, 1.807) is 6.20 Å². The molecular weight excluding hydrogens is 188 g/mol. The van der Waals surface area contributed by atoms with Gasteiger partial charge < -0.3 is 5.32 Å². The van der Waals surface area contributed by atoms with E-state index in [9.17, 15) is 0 Å². The first kappa shape index (κ1) is 10.2. The summed E-state index contributed by atoms with van der Waals surface area (Å²) >= 11 is 0. The minimum atomic E-state index is 0.257. The maximum Gasteiger partial charge on any atom is 0.103 e. The van der Waals surface area contributed by atoms with Gasteiger partial charge in [-0.25, -0.2) is 0 Å². The van der Waals surface area contributed by atoms with Gasteiger partial charge in [0, 0.05) is 12.5 Å². The summed E-state index contributed by atoms with van der Waals surface area (Å²) in [4.78, 5) is 0. The number of nitriles is 1. The zero-order valence-corrected chi connectivity index (χ0v) is 9.33. The first-order chi connectivity index (χ1) is 7.15. The first-order valence-corrected chi connectivity index (χ1v) is 5.23. The van der Waals surface area contributed by atoms with Crippen molar-refractivity contribution in [3.63, 3.8) is 0 Å². The second-order valence-corrected chi connectivity index (χ2v) is 4.61. The standard InChI is InChI=1S/C11H16N4/c1-7-9(11(7,2)6-13-3)10-8(4-12)5-14-15-10/h5,7,9,13H,6H2,1-3H3,(H,14,15)/t7-,9?,11?/m0/s1. The quantitative estimate of drug-likeness (QED) is 0.778. The van der Waals surface area contributed by atoms with Crippen LogP contribution in [0.15, 0.2) is 6.20 Å². The van der Waals surface area contributed by atoms with E-state index in [4.69, 9.17) is 5.26 Å². The van der Waals surface area contributed by atoms with E-state index in [0.29, 0.717) is 17.4 Å². The Bertz CT molecular complexity index is 403. The van der Waals surface area contributed by atoms with Crippen LogP contribution in [-0.2, 0) is 0 Å². The van der Waals surface area contributed by atoms with Gasteiger partial charge in [-0.1, -0.05) is 13.8 Å². The Kier molecular flexibility index (Phi) is 2.28. The van der Waals surface area contributed by atoms with Gasteiger partial charge in [0.05, 0.1) is 17.5 Å². The number of hydrogen-bond donors (Lipinski definition) is 2. The van der Waals surface area contributed by atoms with Crippen molar-refractivity contribution in [3.8, 4) is 6.07 Å². The molecule has 1 aliphatic rings. The van der Waals surface area contributed by atoms with Crippen LogP contribution < -0.4 is 5.32 Å². The number of hydrogen-bond acceptors (Lipinski definition) is 3. The first-order valence-electron chi connectivity index (χ1n) is 5.23. The van der Waals surface area contributed by atoms with Crippen LogP contribution in [0.4, 0.5) is 0 Å². The molecule has 1 aromatic heterocycles. The predicted octanol–water partition coefficient (Wildman–Crippen LogP) is 1.24. The molecule has 2 N–H and O–H groups in total.